The van der Waals surface area contributed by atoms with Crippen LogP contribution in [0.3, 0.4) is 0 Å². The Balaban J connectivity index is -0.000000258. The molecule has 1 rings (SSSR count). The van der Waals surface area contributed by atoms with Gasteiger partial charge in [0, 0.05) is 6.42 Å². The standard InChI is InChI=1S/C6H15P.C5H6N3O2.C2H6.Au/c1-4-7(5-2)6-3;9-5(10)2-1-4-3-6-8-7-4;1-2;/h4-6H2,1-3H3;1-2H2,(H,9,10)(H,6,7,8);1-2H3;/q;-1;;+1. The van der Waals surface area contributed by atoms with Crippen molar-refractivity contribution >= 4 is 13.9 Å². The van der Waals surface area contributed by atoms with E-state index in [1.165, 1.54) is 18.5 Å². The van der Waals surface area contributed by atoms with Crippen LogP contribution in [0.25, 0.3) is 0 Å². The van der Waals surface area contributed by atoms with Gasteiger partial charge in [-0.15, -0.1) is 18.8 Å². The molecule has 0 aromatic carbocycles. The zero-order valence-electron chi connectivity index (χ0n) is 13.0. The van der Waals surface area contributed by atoms with Crippen LogP contribution in [0.1, 0.15) is 46.7 Å². The maximum atomic E-state index is 10.0. The average Bonchev–Trinajstić information content (AvgIpc) is 2.95. The molecule has 0 aliphatic carbocycles. The number of hydrogen-bond acceptors (Lipinski definition) is 3. The van der Waals surface area contributed by atoms with Gasteiger partial charge in [-0.3, -0.25) is 4.79 Å². The fraction of sp³-hybridized carbons (Fsp3) is 0.769. The number of hydrogen-bond donors (Lipinski definition) is 2. The zero-order valence-corrected chi connectivity index (χ0v) is 16.1. The Hall–Kier alpha value is -0.220. The number of rotatable bonds is 6. The number of aliphatic carboxylic acids is 1. The largest absolute Gasteiger partial charge is 1.00 e. The average molecular weight is 485 g/mol. The summed E-state index contributed by atoms with van der Waals surface area (Å²) >= 11 is 0. The molecule has 1 heterocycles. The first kappa shape index (κ1) is 24.8. The molecule has 20 heavy (non-hydrogen) atoms. The summed E-state index contributed by atoms with van der Waals surface area (Å²) < 4.78 is 0. The van der Waals surface area contributed by atoms with Gasteiger partial charge in [0.25, 0.3) is 0 Å². The van der Waals surface area contributed by atoms with Crippen molar-refractivity contribution in [2.24, 2.45) is 0 Å². The number of carboxylic acids is 1. The molecular formula is C13H27AuN3O2P. The molecule has 0 bridgehead atoms. The van der Waals surface area contributed by atoms with E-state index < -0.39 is 5.97 Å². The Bertz CT molecular complexity index is 288. The molecular weight excluding hydrogens is 458 g/mol. The summed E-state index contributed by atoms with van der Waals surface area (Å²) in [4.78, 5) is 10.0. The van der Waals surface area contributed by atoms with Gasteiger partial charge in [-0.2, -0.15) is 0 Å². The fourth-order valence-corrected chi connectivity index (χ4v) is 2.55. The third-order valence-electron chi connectivity index (χ3n) is 2.35. The van der Waals surface area contributed by atoms with Crippen LogP contribution in [0.5, 0.6) is 0 Å². The molecule has 5 nitrogen and oxygen atoms in total. The Labute approximate surface area is 139 Å². The molecule has 0 unspecified atom stereocenters. The summed E-state index contributed by atoms with van der Waals surface area (Å²) in [5.41, 5.74) is 0.627. The van der Waals surface area contributed by atoms with Crippen molar-refractivity contribution in [3.05, 3.63) is 11.9 Å². The molecule has 122 valence electrons. The maximum Gasteiger partial charge on any atom is 1.00 e. The van der Waals surface area contributed by atoms with Crippen LogP contribution >= 0.6 is 7.92 Å². The first-order valence-electron chi connectivity index (χ1n) is 6.85. The molecule has 1 aromatic heterocycles. The van der Waals surface area contributed by atoms with Crippen molar-refractivity contribution in [3.8, 4) is 0 Å². The minimum atomic E-state index is -0.831. The van der Waals surface area contributed by atoms with Gasteiger partial charge in [0.15, 0.2) is 0 Å². The van der Waals surface area contributed by atoms with E-state index in [0.717, 1.165) is 0 Å². The molecule has 0 saturated carbocycles. The van der Waals surface area contributed by atoms with Gasteiger partial charge in [-0.1, -0.05) is 34.6 Å². The van der Waals surface area contributed by atoms with Gasteiger partial charge in [0.2, 0.25) is 0 Å². The first-order valence-corrected chi connectivity index (χ1v) is 8.75. The van der Waals surface area contributed by atoms with E-state index in [1.54, 1.807) is 0 Å². The van der Waals surface area contributed by atoms with Crippen LogP contribution in [-0.2, 0) is 33.6 Å². The quantitative estimate of drug-likeness (QED) is 0.369. The zero-order chi connectivity index (χ0) is 15.1. The topological polar surface area (TPSA) is 78.9 Å². The van der Waals surface area contributed by atoms with Gasteiger partial charge in [-0.25, -0.2) is 0 Å². The number of nitrogens with one attached hydrogen (secondary N) is 1. The molecule has 0 aliphatic heterocycles. The van der Waals surface area contributed by atoms with Gasteiger partial charge in [0.05, 0.1) is 0 Å². The van der Waals surface area contributed by atoms with E-state index in [1.807, 2.05) is 13.8 Å². The Morgan fingerprint density at radius 3 is 2.00 bits per heavy atom. The van der Waals surface area contributed by atoms with E-state index in [-0.39, 0.29) is 28.8 Å². The van der Waals surface area contributed by atoms with Crippen LogP contribution in [0.15, 0.2) is 0 Å². The minimum Gasteiger partial charge on any atom is -0.481 e. The molecule has 0 spiro atoms. The van der Waals surface area contributed by atoms with Crippen molar-refractivity contribution in [1.82, 2.24) is 15.4 Å². The van der Waals surface area contributed by atoms with E-state index in [2.05, 4.69) is 42.4 Å². The van der Waals surface area contributed by atoms with Crippen LogP contribution in [0, 0.1) is 6.20 Å². The second kappa shape index (κ2) is 18.8. The number of nitrogens with zero attached hydrogens (tertiary/aromatic N) is 2. The Morgan fingerprint density at radius 1 is 1.25 bits per heavy atom. The summed E-state index contributed by atoms with van der Waals surface area (Å²) in [6.07, 6.45) is 7.26. The predicted octanol–water partition coefficient (Wildman–Crippen LogP) is 3.17. The van der Waals surface area contributed by atoms with Crippen molar-refractivity contribution in [1.29, 1.82) is 0 Å². The molecule has 1 aromatic rings. The van der Waals surface area contributed by atoms with E-state index >= 15 is 0 Å². The van der Waals surface area contributed by atoms with Crippen molar-refractivity contribution in [3.63, 3.8) is 0 Å². The summed E-state index contributed by atoms with van der Waals surface area (Å²) in [5, 5.41) is 17.5. The minimum absolute atomic E-state index is 0. The predicted molar refractivity (Wildman–Crippen MR) is 81.1 cm³/mol. The monoisotopic (exact) mass is 485 g/mol. The second-order valence-electron chi connectivity index (χ2n) is 3.42. The van der Waals surface area contributed by atoms with Gasteiger partial charge < -0.3 is 21.5 Å². The third kappa shape index (κ3) is 15.8. The molecule has 0 fully saturated rings. The summed E-state index contributed by atoms with van der Waals surface area (Å²) in [7, 11) is 0.446. The molecule has 7 heteroatoms. The smallest absolute Gasteiger partial charge is 0.481 e. The molecule has 0 amide bonds. The number of carbonyl (C=O) groups is 1. The molecule has 2 N–H and O–H groups in total. The van der Waals surface area contributed by atoms with Gasteiger partial charge in [-0.05, 0) is 24.9 Å². The SMILES string of the molecule is CC.CCP(CC)CC.O=C(O)CCc1[c-]nn[nH]1.[Au+]. The van der Waals surface area contributed by atoms with Gasteiger partial charge >= 0.3 is 28.3 Å². The Morgan fingerprint density at radius 2 is 1.75 bits per heavy atom. The van der Waals surface area contributed by atoms with Crippen LogP contribution in [-0.4, -0.2) is 45.0 Å². The van der Waals surface area contributed by atoms with Crippen molar-refractivity contribution in [2.75, 3.05) is 18.5 Å². The summed E-state index contributed by atoms with van der Waals surface area (Å²) in [5.74, 6) is -0.831. The Kier molecular flexibility index (Phi) is 23.3. The molecule has 0 atom stereocenters. The normalized spacial score (nSPS) is 8.70. The third-order valence-corrected chi connectivity index (χ3v) is 5.03. The maximum absolute atomic E-state index is 10.0. The van der Waals surface area contributed by atoms with Crippen LogP contribution in [0.4, 0.5) is 0 Å². The van der Waals surface area contributed by atoms with E-state index in [0.29, 0.717) is 20.0 Å². The molecule has 0 saturated heterocycles. The van der Waals surface area contributed by atoms with Gasteiger partial charge in [0.1, 0.15) is 0 Å². The number of aryl methyl sites for hydroxylation is 1. The molecule has 0 radical (unpaired) electrons. The second-order valence-corrected chi connectivity index (χ2v) is 6.65. The first-order chi connectivity index (χ1) is 9.13. The van der Waals surface area contributed by atoms with E-state index in [9.17, 15) is 4.79 Å². The van der Waals surface area contributed by atoms with Crippen LogP contribution < -0.4 is 0 Å². The van der Waals surface area contributed by atoms with Crippen molar-refractivity contribution in [2.45, 2.75) is 47.5 Å². The number of aromatic nitrogens is 3. The van der Waals surface area contributed by atoms with E-state index in [4.69, 9.17) is 5.11 Å². The fourth-order valence-electron chi connectivity index (χ4n) is 1.21. The summed E-state index contributed by atoms with van der Waals surface area (Å²) in [6.45, 7) is 10.9. The number of aromatic amines is 1. The summed E-state index contributed by atoms with van der Waals surface area (Å²) in [6, 6.07) is 0. The molecule has 0 aliphatic rings. The van der Waals surface area contributed by atoms with Crippen LogP contribution in [0.2, 0.25) is 0 Å². The number of carboxylic acid groups (broad SMARTS) is 1. The van der Waals surface area contributed by atoms with Crippen molar-refractivity contribution < 1.29 is 32.3 Å². The number of H-pyrrole nitrogens is 1.